The number of nitrogen functional groups attached to an aromatic ring is 1. The Bertz CT molecular complexity index is 1720. The van der Waals surface area contributed by atoms with Crippen LogP contribution in [0.15, 0.2) is 73.3 Å². The fourth-order valence-corrected chi connectivity index (χ4v) is 4.65. The van der Waals surface area contributed by atoms with E-state index >= 15 is 0 Å². The highest BCUT2D eigenvalue weighted by Gasteiger charge is 2.29. The molecule has 4 N–H and O–H groups in total. The van der Waals surface area contributed by atoms with Crippen LogP contribution in [0, 0.1) is 5.82 Å². The van der Waals surface area contributed by atoms with Gasteiger partial charge in [-0.15, -0.1) is 0 Å². The van der Waals surface area contributed by atoms with Gasteiger partial charge in [-0.1, -0.05) is 31.2 Å². The van der Waals surface area contributed by atoms with E-state index in [0.717, 1.165) is 53.0 Å². The summed E-state index contributed by atoms with van der Waals surface area (Å²) in [4.78, 5) is 25.7. The average molecular weight is 578 g/mol. The second kappa shape index (κ2) is 11.9. The summed E-state index contributed by atoms with van der Waals surface area (Å²) in [5.41, 5.74) is 9.66. The quantitative estimate of drug-likeness (QED) is 0.170. The van der Waals surface area contributed by atoms with Crippen LogP contribution in [0.25, 0.3) is 22.2 Å². The van der Waals surface area contributed by atoms with E-state index in [0.29, 0.717) is 5.82 Å². The van der Waals surface area contributed by atoms with Crippen molar-refractivity contribution >= 4 is 34.3 Å². The van der Waals surface area contributed by atoms with E-state index in [2.05, 4.69) is 32.5 Å². The van der Waals surface area contributed by atoms with Crippen molar-refractivity contribution in [1.82, 2.24) is 19.5 Å². The van der Waals surface area contributed by atoms with Gasteiger partial charge in [0.1, 0.15) is 29.4 Å². The molecule has 3 aromatic heterocycles. The molecule has 0 aliphatic carbocycles. The molecule has 42 heavy (non-hydrogen) atoms. The van der Waals surface area contributed by atoms with Crippen LogP contribution in [0.2, 0.25) is 0 Å². The van der Waals surface area contributed by atoms with Crippen LogP contribution in [0.3, 0.4) is 0 Å². The molecule has 3 heterocycles. The first-order chi connectivity index (χ1) is 20.1. The van der Waals surface area contributed by atoms with E-state index in [1.54, 1.807) is 0 Å². The van der Waals surface area contributed by atoms with Gasteiger partial charge in [-0.05, 0) is 53.4 Å². The molecule has 0 aliphatic rings. The Morgan fingerprint density at radius 1 is 1.00 bits per heavy atom. The molecule has 0 atom stereocenters. The highest BCUT2D eigenvalue weighted by molar-refractivity contribution is 6.07. The number of hydrogen-bond acceptors (Lipinski definition) is 6. The van der Waals surface area contributed by atoms with E-state index in [4.69, 9.17) is 5.73 Å². The summed E-state index contributed by atoms with van der Waals surface area (Å²) in [6.07, 6.45) is -0.240. The third kappa shape index (κ3) is 6.48. The van der Waals surface area contributed by atoms with Gasteiger partial charge in [-0.25, -0.2) is 19.3 Å². The zero-order valence-corrected chi connectivity index (χ0v) is 22.5. The molecule has 0 radical (unpaired) electrons. The third-order valence-corrected chi connectivity index (χ3v) is 6.57. The number of nitrogens with two attached hydrogens (primary N) is 1. The Balaban J connectivity index is 1.38. The van der Waals surface area contributed by atoms with Gasteiger partial charge in [0.2, 0.25) is 0 Å². The number of aryl methyl sites for hydroxylation is 1. The number of amides is 1. The molecule has 8 nitrogen and oxygen atoms in total. The van der Waals surface area contributed by atoms with Gasteiger partial charge in [-0.3, -0.25) is 4.79 Å². The predicted molar refractivity (Wildman–Crippen MR) is 153 cm³/mol. The molecule has 0 saturated carbocycles. The third-order valence-electron chi connectivity index (χ3n) is 6.57. The van der Waals surface area contributed by atoms with Gasteiger partial charge in [0.15, 0.2) is 0 Å². The minimum Gasteiger partial charge on any atom is -0.383 e. The van der Waals surface area contributed by atoms with Crippen molar-refractivity contribution in [2.75, 3.05) is 16.4 Å². The van der Waals surface area contributed by atoms with Gasteiger partial charge in [-0.2, -0.15) is 13.2 Å². The molecule has 2 aromatic carbocycles. The Kier molecular flexibility index (Phi) is 8.05. The van der Waals surface area contributed by atoms with Gasteiger partial charge in [0.25, 0.3) is 5.91 Å². The van der Waals surface area contributed by atoms with Crippen molar-refractivity contribution < 1.29 is 22.4 Å². The van der Waals surface area contributed by atoms with Crippen LogP contribution >= 0.6 is 0 Å². The fourth-order valence-electron chi connectivity index (χ4n) is 4.65. The molecule has 0 spiro atoms. The van der Waals surface area contributed by atoms with Gasteiger partial charge in [0, 0.05) is 36.7 Å². The zero-order chi connectivity index (χ0) is 29.9. The van der Waals surface area contributed by atoms with Crippen molar-refractivity contribution in [3.05, 3.63) is 95.8 Å². The number of carbonyl (C=O) groups excluding carboxylic acids is 1. The Labute approximate surface area is 238 Å². The summed E-state index contributed by atoms with van der Waals surface area (Å²) in [5, 5.41) is 6.41. The predicted octanol–water partition coefficient (Wildman–Crippen LogP) is 6.59. The average Bonchev–Trinajstić information content (AvgIpc) is 3.33. The standard InChI is InChI=1S/C30H27F4N7O/c1-2-11-41-16-24(25-26(35)38-17-39-28(25)41)20-5-3-18(4-6-20)14-36-27-23(12-19(15-37-27)13-30(32,33)34)29(42)40-22-9-7-21(31)8-10-22/h3-10,12,15-17H,2,11,13-14H2,1H3,(H,36,37)(H,40,42)(H2,35,38,39). The Morgan fingerprint density at radius 2 is 1.74 bits per heavy atom. The fraction of sp³-hybridized carbons (Fsp3) is 0.200. The van der Waals surface area contributed by atoms with Crippen LogP contribution < -0.4 is 16.4 Å². The van der Waals surface area contributed by atoms with E-state index in [1.807, 2.05) is 35.0 Å². The Morgan fingerprint density at radius 3 is 2.43 bits per heavy atom. The summed E-state index contributed by atoms with van der Waals surface area (Å²) < 4.78 is 54.4. The summed E-state index contributed by atoms with van der Waals surface area (Å²) in [5.74, 6) is -0.669. The minimum absolute atomic E-state index is 0.0723. The van der Waals surface area contributed by atoms with Crippen molar-refractivity contribution in [2.45, 2.75) is 39.0 Å². The number of nitrogens with zero attached hydrogens (tertiary/aromatic N) is 4. The maximum absolute atomic E-state index is 13.3. The first kappa shape index (κ1) is 28.5. The molecule has 0 unspecified atom stereocenters. The van der Waals surface area contributed by atoms with E-state index in [1.165, 1.54) is 30.6 Å². The van der Waals surface area contributed by atoms with Crippen LogP contribution in [0.4, 0.5) is 34.9 Å². The number of alkyl halides is 3. The van der Waals surface area contributed by atoms with Crippen LogP contribution in [-0.4, -0.2) is 31.6 Å². The Hall–Kier alpha value is -5.00. The monoisotopic (exact) mass is 577 g/mol. The maximum Gasteiger partial charge on any atom is 0.393 e. The summed E-state index contributed by atoms with van der Waals surface area (Å²) in [6.45, 7) is 3.10. The van der Waals surface area contributed by atoms with E-state index < -0.39 is 24.3 Å². The van der Waals surface area contributed by atoms with Crippen LogP contribution in [-0.2, 0) is 19.5 Å². The molecule has 0 bridgehead atoms. The number of pyridine rings is 1. The van der Waals surface area contributed by atoms with Gasteiger partial charge >= 0.3 is 6.18 Å². The SMILES string of the molecule is CCCn1cc(-c2ccc(CNc3ncc(CC(F)(F)F)cc3C(=O)Nc3ccc(F)cc3)cc2)c2c(N)ncnc21. The second-order valence-corrected chi connectivity index (χ2v) is 9.74. The number of carbonyl (C=O) groups is 1. The first-order valence-electron chi connectivity index (χ1n) is 13.2. The van der Waals surface area contributed by atoms with Crippen molar-refractivity contribution in [2.24, 2.45) is 0 Å². The van der Waals surface area contributed by atoms with Crippen LogP contribution in [0.1, 0.15) is 34.8 Å². The normalized spacial score (nSPS) is 11.5. The maximum atomic E-state index is 13.3. The number of hydrogen-bond donors (Lipinski definition) is 3. The van der Waals surface area contributed by atoms with Crippen LogP contribution in [0.5, 0.6) is 0 Å². The molecule has 0 fully saturated rings. The smallest absolute Gasteiger partial charge is 0.383 e. The number of anilines is 3. The molecule has 0 aliphatic heterocycles. The number of fused-ring (bicyclic) bond motifs is 1. The highest BCUT2D eigenvalue weighted by atomic mass is 19.4. The molecule has 5 aromatic rings. The van der Waals surface area contributed by atoms with Crippen molar-refractivity contribution in [3.8, 4) is 11.1 Å². The summed E-state index contributed by atoms with van der Waals surface area (Å²) >= 11 is 0. The lowest BCUT2D eigenvalue weighted by Crippen LogP contribution is -2.18. The lowest BCUT2D eigenvalue weighted by Gasteiger charge is -2.14. The number of benzene rings is 2. The van der Waals surface area contributed by atoms with Gasteiger partial charge in [0.05, 0.1) is 17.4 Å². The topological polar surface area (TPSA) is 111 Å². The number of rotatable bonds is 9. The molecule has 5 rings (SSSR count). The largest absolute Gasteiger partial charge is 0.393 e. The van der Waals surface area contributed by atoms with Crippen molar-refractivity contribution in [3.63, 3.8) is 0 Å². The number of aromatic nitrogens is 4. The lowest BCUT2D eigenvalue weighted by atomic mass is 10.0. The minimum atomic E-state index is -4.47. The summed E-state index contributed by atoms with van der Waals surface area (Å²) in [6, 6.07) is 13.8. The molecular weight excluding hydrogens is 550 g/mol. The lowest BCUT2D eigenvalue weighted by molar-refractivity contribution is -0.127. The van der Waals surface area contributed by atoms with E-state index in [9.17, 15) is 22.4 Å². The summed E-state index contributed by atoms with van der Waals surface area (Å²) in [7, 11) is 0. The second-order valence-electron chi connectivity index (χ2n) is 9.74. The molecule has 12 heteroatoms. The first-order valence-corrected chi connectivity index (χ1v) is 13.2. The molecule has 216 valence electrons. The zero-order valence-electron chi connectivity index (χ0n) is 22.5. The highest BCUT2D eigenvalue weighted by Crippen LogP contribution is 2.33. The molecular formula is C30H27F4N7O. The number of nitrogens with one attached hydrogen (secondary N) is 2. The van der Waals surface area contributed by atoms with E-state index in [-0.39, 0.29) is 29.2 Å². The van der Waals surface area contributed by atoms with Crippen molar-refractivity contribution in [1.29, 1.82) is 0 Å². The number of halogens is 4. The van der Waals surface area contributed by atoms with Gasteiger partial charge < -0.3 is 20.9 Å². The molecule has 0 saturated heterocycles. The molecule has 1 amide bonds.